The SMILES string of the molecule is C[C@@H](ON)c1cccc(C(F)(F)F)c1. The van der Waals surface area contributed by atoms with Crippen LogP contribution in [0.15, 0.2) is 24.3 Å². The summed E-state index contributed by atoms with van der Waals surface area (Å²) in [4.78, 5) is 4.44. The molecule has 1 atom stereocenters. The maximum atomic E-state index is 12.3. The van der Waals surface area contributed by atoms with Gasteiger partial charge in [0, 0.05) is 0 Å². The molecule has 0 aliphatic carbocycles. The molecule has 1 rings (SSSR count). The molecule has 1 aromatic carbocycles. The van der Waals surface area contributed by atoms with Crippen LogP contribution in [0.25, 0.3) is 0 Å². The van der Waals surface area contributed by atoms with E-state index in [1.54, 1.807) is 6.92 Å². The Hall–Kier alpha value is -1.07. The van der Waals surface area contributed by atoms with Crippen molar-refractivity contribution in [1.29, 1.82) is 0 Å². The summed E-state index contributed by atoms with van der Waals surface area (Å²) in [5.41, 5.74) is -0.291. The molecule has 2 N–H and O–H groups in total. The van der Waals surface area contributed by atoms with Crippen molar-refractivity contribution < 1.29 is 18.0 Å². The smallest absolute Gasteiger partial charge is 0.297 e. The normalized spacial score (nSPS) is 14.1. The Balaban J connectivity index is 3.01. The Morgan fingerprint density at radius 3 is 2.50 bits per heavy atom. The maximum absolute atomic E-state index is 12.3. The van der Waals surface area contributed by atoms with Gasteiger partial charge in [-0.05, 0) is 24.6 Å². The molecule has 0 bridgehead atoms. The van der Waals surface area contributed by atoms with Crippen LogP contribution in [0.1, 0.15) is 24.2 Å². The average molecular weight is 205 g/mol. The lowest BCUT2D eigenvalue weighted by Gasteiger charge is -2.12. The third kappa shape index (κ3) is 2.46. The van der Waals surface area contributed by atoms with E-state index in [-0.39, 0.29) is 0 Å². The molecule has 0 aliphatic heterocycles. The van der Waals surface area contributed by atoms with Crippen molar-refractivity contribution in [2.24, 2.45) is 5.90 Å². The van der Waals surface area contributed by atoms with Gasteiger partial charge in [0.15, 0.2) is 0 Å². The van der Waals surface area contributed by atoms with Crippen LogP contribution >= 0.6 is 0 Å². The van der Waals surface area contributed by atoms with Crippen LogP contribution in [0, 0.1) is 0 Å². The van der Waals surface area contributed by atoms with Crippen LogP contribution in [-0.4, -0.2) is 0 Å². The molecule has 78 valence electrons. The van der Waals surface area contributed by atoms with Gasteiger partial charge in [-0.2, -0.15) is 13.2 Å². The van der Waals surface area contributed by atoms with Crippen LogP contribution in [-0.2, 0) is 11.0 Å². The van der Waals surface area contributed by atoms with Crippen molar-refractivity contribution in [3.63, 3.8) is 0 Å². The molecular formula is C9H10F3NO. The van der Waals surface area contributed by atoms with Crippen LogP contribution in [0.3, 0.4) is 0 Å². The van der Waals surface area contributed by atoms with Crippen molar-refractivity contribution >= 4 is 0 Å². The first-order chi connectivity index (χ1) is 6.45. The first-order valence-electron chi connectivity index (χ1n) is 3.98. The highest BCUT2D eigenvalue weighted by atomic mass is 19.4. The summed E-state index contributed by atoms with van der Waals surface area (Å²) < 4.78 is 36.8. The van der Waals surface area contributed by atoms with Gasteiger partial charge in [-0.15, -0.1) is 0 Å². The molecular weight excluding hydrogens is 195 g/mol. The number of nitrogens with two attached hydrogens (primary N) is 1. The average Bonchev–Trinajstić information content (AvgIpc) is 2.15. The molecule has 5 heteroatoms. The van der Waals surface area contributed by atoms with E-state index in [2.05, 4.69) is 4.84 Å². The first kappa shape index (κ1) is 11.0. The van der Waals surface area contributed by atoms with E-state index in [0.29, 0.717) is 5.56 Å². The molecule has 0 saturated carbocycles. The summed E-state index contributed by atoms with van der Waals surface area (Å²) in [5, 5.41) is 0. The van der Waals surface area contributed by atoms with Gasteiger partial charge >= 0.3 is 6.18 Å². The van der Waals surface area contributed by atoms with E-state index in [9.17, 15) is 13.2 Å². The second-order valence-corrected chi connectivity index (χ2v) is 2.90. The molecule has 0 fully saturated rings. The summed E-state index contributed by atoms with van der Waals surface area (Å²) in [6.45, 7) is 1.58. The van der Waals surface area contributed by atoms with Gasteiger partial charge in [-0.3, -0.25) is 4.84 Å². The minimum Gasteiger partial charge on any atom is -0.297 e. The molecule has 0 spiro atoms. The number of rotatable bonds is 2. The Morgan fingerprint density at radius 1 is 1.36 bits per heavy atom. The predicted molar refractivity (Wildman–Crippen MR) is 45.1 cm³/mol. The Morgan fingerprint density at radius 2 is 2.00 bits per heavy atom. The first-order valence-corrected chi connectivity index (χ1v) is 3.98. The lowest BCUT2D eigenvalue weighted by Crippen LogP contribution is -2.09. The highest BCUT2D eigenvalue weighted by Crippen LogP contribution is 2.30. The van der Waals surface area contributed by atoms with Gasteiger partial charge in [-0.1, -0.05) is 12.1 Å². The van der Waals surface area contributed by atoms with E-state index in [4.69, 9.17) is 5.90 Å². The number of benzene rings is 1. The third-order valence-corrected chi connectivity index (χ3v) is 1.89. The van der Waals surface area contributed by atoms with Crippen molar-refractivity contribution in [1.82, 2.24) is 0 Å². The quantitative estimate of drug-likeness (QED) is 0.753. The van der Waals surface area contributed by atoms with Gasteiger partial charge in [0.05, 0.1) is 5.56 Å². The van der Waals surface area contributed by atoms with Crippen molar-refractivity contribution in [3.05, 3.63) is 35.4 Å². The summed E-state index contributed by atoms with van der Waals surface area (Å²) in [6, 6.07) is 4.89. The van der Waals surface area contributed by atoms with Crippen molar-refractivity contribution in [2.45, 2.75) is 19.2 Å². The molecule has 0 amide bonds. The highest BCUT2D eigenvalue weighted by molar-refractivity contribution is 5.26. The fraction of sp³-hybridized carbons (Fsp3) is 0.333. The van der Waals surface area contributed by atoms with Gasteiger partial charge in [-0.25, -0.2) is 5.90 Å². The number of halogens is 3. The zero-order chi connectivity index (χ0) is 10.8. The van der Waals surface area contributed by atoms with E-state index < -0.39 is 17.8 Å². The van der Waals surface area contributed by atoms with E-state index in [1.807, 2.05) is 0 Å². The fourth-order valence-electron chi connectivity index (χ4n) is 1.05. The standard InChI is InChI=1S/C9H10F3NO/c1-6(14-13)7-3-2-4-8(5-7)9(10,11)12/h2-6H,13H2,1H3/t6-/m1/s1. The summed E-state index contributed by atoms with van der Waals surface area (Å²) in [7, 11) is 0. The van der Waals surface area contributed by atoms with E-state index >= 15 is 0 Å². The van der Waals surface area contributed by atoms with Crippen LogP contribution in [0.5, 0.6) is 0 Å². The minimum atomic E-state index is -4.33. The predicted octanol–water partition coefficient (Wildman–Crippen LogP) is 2.66. The Labute approximate surface area is 79.4 Å². The van der Waals surface area contributed by atoms with Gasteiger partial charge in [0.25, 0.3) is 0 Å². The molecule has 0 aromatic heterocycles. The number of hydrogen-bond donors (Lipinski definition) is 1. The molecule has 1 aromatic rings. The zero-order valence-electron chi connectivity index (χ0n) is 7.51. The monoisotopic (exact) mass is 205 g/mol. The fourth-order valence-corrected chi connectivity index (χ4v) is 1.05. The number of hydrogen-bond acceptors (Lipinski definition) is 2. The molecule has 0 radical (unpaired) electrons. The van der Waals surface area contributed by atoms with Crippen LogP contribution in [0.4, 0.5) is 13.2 Å². The third-order valence-electron chi connectivity index (χ3n) is 1.89. The van der Waals surface area contributed by atoms with Gasteiger partial charge in [0.1, 0.15) is 6.10 Å². The lowest BCUT2D eigenvalue weighted by atomic mass is 10.1. The Kier molecular flexibility index (Phi) is 3.13. The van der Waals surface area contributed by atoms with Crippen molar-refractivity contribution in [2.75, 3.05) is 0 Å². The molecule has 0 saturated heterocycles. The molecule has 0 aliphatic rings. The van der Waals surface area contributed by atoms with E-state index in [1.165, 1.54) is 12.1 Å². The van der Waals surface area contributed by atoms with Gasteiger partial charge in [0.2, 0.25) is 0 Å². The van der Waals surface area contributed by atoms with Crippen molar-refractivity contribution in [3.8, 4) is 0 Å². The molecule has 0 heterocycles. The summed E-state index contributed by atoms with van der Waals surface area (Å²) in [6.07, 6.45) is -4.87. The number of alkyl halides is 3. The highest BCUT2D eigenvalue weighted by Gasteiger charge is 2.30. The van der Waals surface area contributed by atoms with Crippen LogP contribution < -0.4 is 5.90 Å². The second-order valence-electron chi connectivity index (χ2n) is 2.90. The summed E-state index contributed by atoms with van der Waals surface area (Å²) in [5.74, 6) is 4.88. The molecule has 0 unspecified atom stereocenters. The summed E-state index contributed by atoms with van der Waals surface area (Å²) >= 11 is 0. The maximum Gasteiger partial charge on any atom is 0.416 e. The largest absolute Gasteiger partial charge is 0.416 e. The van der Waals surface area contributed by atoms with Crippen LogP contribution in [0.2, 0.25) is 0 Å². The Bertz CT molecular complexity index is 311. The lowest BCUT2D eigenvalue weighted by molar-refractivity contribution is -0.137. The zero-order valence-corrected chi connectivity index (χ0v) is 7.51. The molecule has 14 heavy (non-hydrogen) atoms. The molecule has 2 nitrogen and oxygen atoms in total. The van der Waals surface area contributed by atoms with Gasteiger partial charge < -0.3 is 0 Å². The topological polar surface area (TPSA) is 35.2 Å². The van der Waals surface area contributed by atoms with E-state index in [0.717, 1.165) is 12.1 Å². The second kappa shape index (κ2) is 3.98. The minimum absolute atomic E-state index is 0.405.